The van der Waals surface area contributed by atoms with E-state index in [2.05, 4.69) is 10.4 Å². The van der Waals surface area contributed by atoms with E-state index in [1.807, 2.05) is 30.3 Å². The first-order valence-electron chi connectivity index (χ1n) is 6.94. The fourth-order valence-electron chi connectivity index (χ4n) is 1.62. The zero-order chi connectivity index (χ0) is 17.6. The minimum absolute atomic E-state index is 0.461. The van der Waals surface area contributed by atoms with Gasteiger partial charge in [0, 0.05) is 27.4 Å². The van der Waals surface area contributed by atoms with Crippen LogP contribution in [0.15, 0.2) is 30.3 Å². The van der Waals surface area contributed by atoms with Gasteiger partial charge in [-0.15, -0.1) is 0 Å². The summed E-state index contributed by atoms with van der Waals surface area (Å²) in [5, 5.41) is 14.1. The molecule has 0 aliphatic rings. The fourth-order valence-corrected chi connectivity index (χ4v) is 3.31. The van der Waals surface area contributed by atoms with E-state index in [1.54, 1.807) is 21.3 Å². The summed E-state index contributed by atoms with van der Waals surface area (Å²) in [4.78, 5) is 0. The third-order valence-electron chi connectivity index (χ3n) is 2.79. The van der Waals surface area contributed by atoms with E-state index < -0.39 is 22.5 Å². The normalized spacial score (nSPS) is 10.3. The van der Waals surface area contributed by atoms with Gasteiger partial charge in [0.25, 0.3) is 6.02 Å². The van der Waals surface area contributed by atoms with Crippen LogP contribution in [0.2, 0.25) is 6.04 Å². The van der Waals surface area contributed by atoms with Crippen LogP contribution in [0.3, 0.4) is 0 Å². The number of hydrogen-bond donors (Lipinski definition) is 3. The van der Waals surface area contributed by atoms with E-state index in [0.717, 1.165) is 18.2 Å². The summed E-state index contributed by atoms with van der Waals surface area (Å²) in [6.45, 7) is 0.634. The fraction of sp³-hybridized carbons (Fsp3) is 0.462. The molecule has 4 N–H and O–H groups in total. The van der Waals surface area contributed by atoms with Gasteiger partial charge in [0.15, 0.2) is 0 Å². The molecule has 130 valence electrons. The van der Waals surface area contributed by atoms with Crippen LogP contribution in [0.4, 0.5) is 0 Å². The summed E-state index contributed by atoms with van der Waals surface area (Å²) in [5.41, 5.74) is 4.60. The number of benzene rings is 1. The Morgan fingerprint density at radius 3 is 2.13 bits per heavy atom. The van der Waals surface area contributed by atoms with E-state index in [0.29, 0.717) is 6.61 Å². The maximum absolute atomic E-state index is 7.79. The molecule has 0 aliphatic carbocycles. The number of amidine groups is 1. The van der Waals surface area contributed by atoms with Gasteiger partial charge in [0.1, 0.15) is 5.75 Å². The van der Waals surface area contributed by atoms with Crippen molar-refractivity contribution in [2.24, 2.45) is 5.73 Å². The van der Waals surface area contributed by atoms with Gasteiger partial charge in [-0.3, -0.25) is 5.41 Å². The van der Waals surface area contributed by atoms with Gasteiger partial charge in [-0.1, -0.05) is 18.2 Å². The summed E-state index contributed by atoms with van der Waals surface area (Å²) < 4.78 is 25.5. The molecule has 10 heteroatoms. The number of nitrogens with one attached hydrogen (secondary N) is 1. The van der Waals surface area contributed by atoms with Crippen LogP contribution >= 0.6 is 0 Å². The van der Waals surface area contributed by atoms with Crippen molar-refractivity contribution in [3.05, 3.63) is 30.3 Å². The zero-order valence-electron chi connectivity index (χ0n) is 13.8. The van der Waals surface area contributed by atoms with Gasteiger partial charge < -0.3 is 33.4 Å². The minimum Gasteiger partial charge on any atom is -0.512 e. The molecule has 0 radical (unpaired) electrons. The van der Waals surface area contributed by atoms with Crippen molar-refractivity contribution in [3.8, 4) is 5.75 Å². The first kappa shape index (κ1) is 21.4. The van der Waals surface area contributed by atoms with Crippen LogP contribution in [-0.2, 0) is 17.9 Å². The summed E-state index contributed by atoms with van der Waals surface area (Å²) in [6, 6.07) is 10.0. The highest BCUT2D eigenvalue weighted by Crippen LogP contribution is 2.16. The van der Waals surface area contributed by atoms with E-state index >= 15 is 0 Å². The molecule has 1 aromatic carbocycles. The monoisotopic (exact) mass is 344 g/mol. The first-order valence-corrected chi connectivity index (χ1v) is 8.87. The highest BCUT2D eigenvalue weighted by atomic mass is 28.4. The third kappa shape index (κ3) is 9.92. The van der Waals surface area contributed by atoms with E-state index in [1.165, 1.54) is 0 Å². The van der Waals surface area contributed by atoms with Gasteiger partial charge in [-0.05, 0) is 18.6 Å². The van der Waals surface area contributed by atoms with Gasteiger partial charge in [-0.2, -0.15) is 0 Å². The van der Waals surface area contributed by atoms with Crippen molar-refractivity contribution in [2.45, 2.75) is 12.5 Å². The maximum atomic E-state index is 7.79. The molecule has 0 spiro atoms. The Hall–Kier alpha value is -1.59. The zero-order valence-corrected chi connectivity index (χ0v) is 14.8. The molecule has 1 aromatic rings. The third-order valence-corrected chi connectivity index (χ3v) is 5.62. The molecule has 0 heterocycles. The van der Waals surface area contributed by atoms with Crippen LogP contribution in [-0.4, -0.2) is 55.5 Å². The molecule has 0 bridgehead atoms. The molecule has 0 atom stereocenters. The molecule has 1 rings (SSSR count). The Balaban J connectivity index is 0.000000688. The van der Waals surface area contributed by atoms with Gasteiger partial charge in [0.2, 0.25) is 0 Å². The van der Waals surface area contributed by atoms with Gasteiger partial charge in [0.05, 0.1) is 6.61 Å². The van der Waals surface area contributed by atoms with Crippen molar-refractivity contribution >= 4 is 22.5 Å². The number of rotatable bonds is 9. The highest BCUT2D eigenvalue weighted by molar-refractivity contribution is 6.60. The summed E-state index contributed by atoms with van der Waals surface area (Å²) >= 11 is 0. The van der Waals surface area contributed by atoms with Crippen LogP contribution < -0.4 is 10.5 Å². The number of ether oxygens (including phenoxy) is 1. The molecule has 0 unspecified atom stereocenters. The van der Waals surface area contributed by atoms with Crippen molar-refractivity contribution < 1.29 is 27.7 Å². The van der Waals surface area contributed by atoms with Gasteiger partial charge >= 0.3 is 16.5 Å². The van der Waals surface area contributed by atoms with Crippen LogP contribution in [0.1, 0.15) is 6.42 Å². The quantitative estimate of drug-likeness (QED) is 0.258. The van der Waals surface area contributed by atoms with Crippen molar-refractivity contribution in [3.63, 3.8) is 0 Å². The van der Waals surface area contributed by atoms with E-state index in [9.17, 15) is 0 Å². The van der Waals surface area contributed by atoms with Crippen LogP contribution in [0, 0.1) is 5.41 Å². The van der Waals surface area contributed by atoms with Crippen LogP contribution in [0.5, 0.6) is 5.75 Å². The average Bonchev–Trinajstić information content (AvgIpc) is 2.57. The lowest BCUT2D eigenvalue weighted by molar-refractivity contribution is 0.121. The first-order chi connectivity index (χ1) is 11.0. The predicted molar refractivity (Wildman–Crippen MR) is 90.5 cm³/mol. The molecule has 23 heavy (non-hydrogen) atoms. The standard InChI is InChI=1S/C12H20O4Si.CH5BN2O2/c1-13-17(14-2,15-3)11-7-10-16-12-8-5-4-6-9-12;3-1(4)6-2-5/h4-6,8-9H,7,10-11H2,1-3H3;2,5H,(H3,3,4). The van der Waals surface area contributed by atoms with Crippen LogP contribution in [0.25, 0.3) is 0 Å². The van der Waals surface area contributed by atoms with E-state index in [-0.39, 0.29) is 0 Å². The summed E-state index contributed by atoms with van der Waals surface area (Å²) in [7, 11) is 1.91. The Bertz CT molecular complexity index is 414. The largest absolute Gasteiger partial charge is 0.512 e. The lowest BCUT2D eigenvalue weighted by Gasteiger charge is -2.24. The minimum atomic E-state index is -2.44. The Morgan fingerprint density at radius 2 is 1.74 bits per heavy atom. The highest BCUT2D eigenvalue weighted by Gasteiger charge is 2.36. The molecule has 0 saturated heterocycles. The predicted octanol–water partition coefficient (Wildman–Crippen LogP) is 0.489. The molecule has 0 saturated carbocycles. The van der Waals surface area contributed by atoms with Gasteiger partial charge in [-0.25, -0.2) is 0 Å². The smallest absolute Gasteiger partial charge is 0.506 e. The second kappa shape index (κ2) is 12.9. The SMILES string of the molecule is CO[Si](CCCOc1ccccc1)(OC)OC.N=C(N)OBO. The number of para-hydroxylation sites is 1. The number of nitrogens with two attached hydrogens (primary N) is 1. The maximum Gasteiger partial charge on any atom is 0.506 e. The van der Waals surface area contributed by atoms with Crippen molar-refractivity contribution in [2.75, 3.05) is 27.9 Å². The Kier molecular flexibility index (Phi) is 12.0. The molecule has 0 fully saturated rings. The number of hydrogen-bond acceptors (Lipinski definition) is 7. The second-order valence-electron chi connectivity index (χ2n) is 4.20. The topological polar surface area (TPSA) is 116 Å². The molecule has 0 aromatic heterocycles. The molecular weight excluding hydrogens is 319 g/mol. The van der Waals surface area contributed by atoms with E-state index in [4.69, 9.17) is 28.4 Å². The molecule has 0 aliphatic heterocycles. The summed E-state index contributed by atoms with van der Waals surface area (Å²) in [6.07, 6.45) is 0.844. The van der Waals surface area contributed by atoms with Crippen molar-refractivity contribution in [1.82, 2.24) is 0 Å². The summed E-state index contributed by atoms with van der Waals surface area (Å²) in [5.74, 6) is 0.881. The average molecular weight is 344 g/mol. The molecular formula is C13H25BN2O6Si. The van der Waals surface area contributed by atoms with Crippen molar-refractivity contribution in [1.29, 1.82) is 5.41 Å². The lowest BCUT2D eigenvalue weighted by atomic mass is 10.3. The molecule has 8 nitrogen and oxygen atoms in total. The Morgan fingerprint density at radius 1 is 1.17 bits per heavy atom. The lowest BCUT2D eigenvalue weighted by Crippen LogP contribution is -2.42. The second-order valence-corrected chi connectivity index (χ2v) is 7.29. The Labute approximate surface area is 138 Å². The molecule has 0 amide bonds.